The fourth-order valence-electron chi connectivity index (χ4n) is 1.07. The molecule has 0 saturated carbocycles. The lowest BCUT2D eigenvalue weighted by atomic mass is 10.1. The predicted octanol–water partition coefficient (Wildman–Crippen LogP) is 3.05. The van der Waals surface area contributed by atoms with E-state index < -0.39 is 23.3 Å². The van der Waals surface area contributed by atoms with Crippen LogP contribution >= 0.6 is 0 Å². The summed E-state index contributed by atoms with van der Waals surface area (Å²) in [6.07, 6.45) is -4.76. The Morgan fingerprint density at radius 1 is 1.31 bits per heavy atom. The van der Waals surface area contributed by atoms with Crippen molar-refractivity contribution >= 4 is 5.78 Å². The Morgan fingerprint density at radius 2 is 1.94 bits per heavy atom. The number of carbonyl (C=O) groups excluding carboxylic acids is 1. The summed E-state index contributed by atoms with van der Waals surface area (Å²) in [6, 6.07) is 1.97. The smallest absolute Gasteiger partial charge is 0.279 e. The Kier molecular flexibility index (Phi) is 3.33. The second-order valence-corrected chi connectivity index (χ2v) is 2.90. The van der Waals surface area contributed by atoms with E-state index in [1.165, 1.54) is 6.92 Å². The minimum atomic E-state index is -4.76. The molecule has 1 rings (SSSR count). The van der Waals surface area contributed by atoms with Crippen molar-refractivity contribution < 1.29 is 22.4 Å². The third-order valence-electron chi connectivity index (χ3n) is 1.78. The zero-order valence-corrected chi connectivity index (χ0v) is 8.15. The number of benzene rings is 1. The molecule has 0 aliphatic heterocycles. The van der Waals surface area contributed by atoms with E-state index in [0.717, 1.165) is 6.07 Å². The van der Waals surface area contributed by atoms with Gasteiger partial charge in [0.25, 0.3) is 0 Å². The Balaban J connectivity index is 3.18. The SMILES string of the molecule is CC#CC(=O)c1ccc(C(F)(F)F)c(F)c1. The van der Waals surface area contributed by atoms with Crippen molar-refractivity contribution in [3.05, 3.63) is 35.1 Å². The first-order chi connectivity index (χ1) is 7.36. The van der Waals surface area contributed by atoms with Gasteiger partial charge in [0, 0.05) is 5.56 Å². The average molecular weight is 230 g/mol. The Hall–Kier alpha value is -1.83. The van der Waals surface area contributed by atoms with Crippen LogP contribution in [0.5, 0.6) is 0 Å². The summed E-state index contributed by atoms with van der Waals surface area (Å²) in [6.45, 7) is 1.40. The van der Waals surface area contributed by atoms with Crippen molar-refractivity contribution in [2.45, 2.75) is 13.1 Å². The van der Waals surface area contributed by atoms with Gasteiger partial charge in [-0.15, -0.1) is 0 Å². The molecule has 5 heteroatoms. The summed E-state index contributed by atoms with van der Waals surface area (Å²) in [5.74, 6) is 2.21. The average Bonchev–Trinajstić information content (AvgIpc) is 2.16. The number of rotatable bonds is 1. The van der Waals surface area contributed by atoms with Crippen LogP contribution in [0, 0.1) is 17.7 Å². The number of carbonyl (C=O) groups is 1. The first kappa shape index (κ1) is 12.2. The summed E-state index contributed by atoms with van der Waals surface area (Å²) in [7, 11) is 0. The zero-order chi connectivity index (χ0) is 12.3. The van der Waals surface area contributed by atoms with Crippen molar-refractivity contribution in [1.29, 1.82) is 0 Å². The van der Waals surface area contributed by atoms with Crippen molar-refractivity contribution in [2.24, 2.45) is 0 Å². The first-order valence-corrected chi connectivity index (χ1v) is 4.20. The van der Waals surface area contributed by atoms with Crippen molar-refractivity contribution in [2.75, 3.05) is 0 Å². The van der Waals surface area contributed by atoms with Gasteiger partial charge in [-0.05, 0) is 31.0 Å². The van der Waals surface area contributed by atoms with Gasteiger partial charge in [-0.2, -0.15) is 13.2 Å². The summed E-state index contributed by atoms with van der Waals surface area (Å²) in [4.78, 5) is 11.1. The molecular weight excluding hydrogens is 224 g/mol. The molecule has 0 saturated heterocycles. The molecule has 0 amide bonds. The molecule has 0 radical (unpaired) electrons. The third kappa shape index (κ3) is 2.60. The van der Waals surface area contributed by atoms with Crippen LogP contribution in [0.4, 0.5) is 17.6 Å². The van der Waals surface area contributed by atoms with Gasteiger partial charge in [0.1, 0.15) is 5.82 Å². The summed E-state index contributed by atoms with van der Waals surface area (Å²) < 4.78 is 49.6. The second-order valence-electron chi connectivity index (χ2n) is 2.90. The lowest BCUT2D eigenvalue weighted by Gasteiger charge is -2.07. The van der Waals surface area contributed by atoms with Gasteiger partial charge < -0.3 is 0 Å². The highest BCUT2D eigenvalue weighted by Gasteiger charge is 2.34. The molecule has 1 nitrogen and oxygen atoms in total. The highest BCUT2D eigenvalue weighted by molar-refractivity contribution is 6.08. The van der Waals surface area contributed by atoms with E-state index in [0.29, 0.717) is 12.1 Å². The van der Waals surface area contributed by atoms with Gasteiger partial charge >= 0.3 is 6.18 Å². The molecule has 1 aromatic rings. The van der Waals surface area contributed by atoms with Crippen LogP contribution in [0.25, 0.3) is 0 Å². The van der Waals surface area contributed by atoms with Crippen LogP contribution in [0.2, 0.25) is 0 Å². The lowest BCUT2D eigenvalue weighted by Crippen LogP contribution is -2.09. The van der Waals surface area contributed by atoms with Gasteiger partial charge in [-0.3, -0.25) is 4.79 Å². The fraction of sp³-hybridized carbons (Fsp3) is 0.182. The van der Waals surface area contributed by atoms with Crippen molar-refractivity contribution in [1.82, 2.24) is 0 Å². The zero-order valence-electron chi connectivity index (χ0n) is 8.15. The van der Waals surface area contributed by atoms with Crippen LogP contribution in [-0.4, -0.2) is 5.78 Å². The van der Waals surface area contributed by atoms with Crippen molar-refractivity contribution in [3.8, 4) is 11.8 Å². The first-order valence-electron chi connectivity index (χ1n) is 4.20. The highest BCUT2D eigenvalue weighted by atomic mass is 19.4. The maximum atomic E-state index is 13.0. The van der Waals surface area contributed by atoms with Gasteiger partial charge in [-0.25, -0.2) is 4.39 Å². The van der Waals surface area contributed by atoms with E-state index >= 15 is 0 Å². The molecule has 0 unspecified atom stereocenters. The fourth-order valence-corrected chi connectivity index (χ4v) is 1.07. The van der Waals surface area contributed by atoms with Crippen LogP contribution in [0.1, 0.15) is 22.8 Å². The molecule has 0 aromatic heterocycles. The Bertz CT molecular complexity index is 477. The standard InChI is InChI=1S/C11H6F4O/c1-2-3-10(16)7-4-5-8(9(12)6-7)11(13,14)15/h4-6H,1H3. The number of halogens is 4. The minimum absolute atomic E-state index is 0.195. The number of hydrogen-bond donors (Lipinski definition) is 0. The Labute approximate surface area is 89.1 Å². The topological polar surface area (TPSA) is 17.1 Å². The van der Waals surface area contributed by atoms with Crippen molar-refractivity contribution in [3.63, 3.8) is 0 Å². The molecular formula is C11H6F4O. The van der Waals surface area contributed by atoms with E-state index in [4.69, 9.17) is 0 Å². The minimum Gasteiger partial charge on any atom is -0.279 e. The van der Waals surface area contributed by atoms with Crippen LogP contribution in [0.3, 0.4) is 0 Å². The van der Waals surface area contributed by atoms with Crippen LogP contribution in [-0.2, 0) is 6.18 Å². The van der Waals surface area contributed by atoms with Crippen LogP contribution < -0.4 is 0 Å². The molecule has 84 valence electrons. The van der Waals surface area contributed by atoms with Gasteiger partial charge in [-0.1, -0.05) is 5.92 Å². The lowest BCUT2D eigenvalue weighted by molar-refractivity contribution is -0.140. The number of alkyl halides is 3. The molecule has 0 atom stereocenters. The maximum absolute atomic E-state index is 13.0. The monoisotopic (exact) mass is 230 g/mol. The number of ketones is 1. The molecule has 0 aliphatic rings. The third-order valence-corrected chi connectivity index (χ3v) is 1.78. The van der Waals surface area contributed by atoms with E-state index in [2.05, 4.69) is 11.8 Å². The maximum Gasteiger partial charge on any atom is 0.419 e. The summed E-state index contributed by atoms with van der Waals surface area (Å²) in [5, 5.41) is 0. The van der Waals surface area contributed by atoms with E-state index in [-0.39, 0.29) is 5.56 Å². The molecule has 0 fully saturated rings. The van der Waals surface area contributed by atoms with Gasteiger partial charge in [0.15, 0.2) is 0 Å². The normalized spacial score (nSPS) is 10.6. The molecule has 16 heavy (non-hydrogen) atoms. The summed E-state index contributed by atoms with van der Waals surface area (Å²) in [5.41, 5.74) is -1.59. The van der Waals surface area contributed by atoms with Crippen LogP contribution in [0.15, 0.2) is 18.2 Å². The van der Waals surface area contributed by atoms with Gasteiger partial charge in [0.2, 0.25) is 5.78 Å². The van der Waals surface area contributed by atoms with E-state index in [9.17, 15) is 22.4 Å². The molecule has 0 spiro atoms. The number of Topliss-reactive ketones (excluding diaryl/α,β-unsaturated/α-hetero) is 1. The van der Waals surface area contributed by atoms with Gasteiger partial charge in [0.05, 0.1) is 5.56 Å². The van der Waals surface area contributed by atoms with E-state index in [1.807, 2.05) is 0 Å². The number of hydrogen-bond acceptors (Lipinski definition) is 1. The molecule has 1 aromatic carbocycles. The van der Waals surface area contributed by atoms with E-state index in [1.54, 1.807) is 0 Å². The molecule has 0 N–H and O–H groups in total. The largest absolute Gasteiger partial charge is 0.419 e. The quantitative estimate of drug-likeness (QED) is 0.313. The molecule has 0 aliphatic carbocycles. The second kappa shape index (κ2) is 4.35. The highest BCUT2D eigenvalue weighted by Crippen LogP contribution is 2.31. The summed E-state index contributed by atoms with van der Waals surface area (Å²) >= 11 is 0. The Morgan fingerprint density at radius 3 is 2.38 bits per heavy atom. The predicted molar refractivity (Wildman–Crippen MR) is 49.2 cm³/mol. The molecule has 0 bridgehead atoms. The molecule has 0 heterocycles.